The van der Waals surface area contributed by atoms with Gasteiger partial charge in [0.2, 0.25) is 0 Å². The van der Waals surface area contributed by atoms with Gasteiger partial charge in [-0.25, -0.2) is 4.98 Å². The fraction of sp³-hybridized carbons (Fsp3) is 0.440. The minimum absolute atomic E-state index is 0. The average Bonchev–Trinajstić information content (AvgIpc) is 3.29. The maximum atomic E-state index is 13.3. The zero-order valence-corrected chi connectivity index (χ0v) is 21.7. The number of halogens is 1. The van der Waals surface area contributed by atoms with Crippen molar-refractivity contribution < 1.29 is 23.7 Å². The third kappa shape index (κ3) is 7.44. The predicted molar refractivity (Wildman–Crippen MR) is 141 cm³/mol. The predicted octanol–water partition coefficient (Wildman–Crippen LogP) is 4.26. The molecule has 0 saturated carbocycles. The number of amides is 1. The third-order valence-electron chi connectivity index (χ3n) is 5.57. The van der Waals surface area contributed by atoms with Gasteiger partial charge >= 0.3 is 0 Å². The minimum Gasteiger partial charge on any atom is -0.497 e. The smallest absolute Gasteiger partial charge is 0.266 e. The Morgan fingerprint density at radius 1 is 1.09 bits per heavy atom. The molecule has 1 amide bonds. The first-order chi connectivity index (χ1) is 16.7. The lowest BCUT2D eigenvalue weighted by Crippen LogP contribution is -2.40. The Morgan fingerprint density at radius 3 is 2.46 bits per heavy atom. The molecule has 0 atom stereocenters. The van der Waals surface area contributed by atoms with Crippen LogP contribution in [-0.4, -0.2) is 75.5 Å². The molecule has 2 heterocycles. The molecule has 1 saturated heterocycles. The molecule has 190 valence electrons. The van der Waals surface area contributed by atoms with Gasteiger partial charge in [0.25, 0.3) is 5.91 Å². The van der Waals surface area contributed by atoms with Crippen molar-refractivity contribution in [1.29, 1.82) is 0 Å². The van der Waals surface area contributed by atoms with E-state index in [0.29, 0.717) is 24.0 Å². The first-order valence-corrected chi connectivity index (χ1v) is 12.4. The first kappa shape index (κ1) is 27.0. The van der Waals surface area contributed by atoms with Gasteiger partial charge in [-0.1, -0.05) is 11.3 Å². The lowest BCUT2D eigenvalue weighted by Gasteiger charge is -2.27. The summed E-state index contributed by atoms with van der Waals surface area (Å²) in [5.41, 5.74) is 0.817. The highest BCUT2D eigenvalue weighted by molar-refractivity contribution is 7.22. The summed E-state index contributed by atoms with van der Waals surface area (Å²) in [6, 6.07) is 13.1. The number of anilines is 1. The Labute approximate surface area is 216 Å². The van der Waals surface area contributed by atoms with Crippen LogP contribution in [0.2, 0.25) is 0 Å². The molecular formula is C25H32ClN3O5S. The summed E-state index contributed by atoms with van der Waals surface area (Å²) in [5, 5.41) is 0.672. The van der Waals surface area contributed by atoms with Gasteiger partial charge in [0, 0.05) is 32.2 Å². The number of fused-ring (bicyclic) bond motifs is 1. The van der Waals surface area contributed by atoms with Gasteiger partial charge in [0.1, 0.15) is 17.2 Å². The van der Waals surface area contributed by atoms with Crippen LogP contribution in [0.3, 0.4) is 0 Å². The fourth-order valence-electron chi connectivity index (χ4n) is 3.76. The van der Waals surface area contributed by atoms with Crippen LogP contribution >= 0.6 is 23.7 Å². The van der Waals surface area contributed by atoms with E-state index in [9.17, 15) is 4.79 Å². The van der Waals surface area contributed by atoms with Crippen molar-refractivity contribution in [3.8, 4) is 17.2 Å². The summed E-state index contributed by atoms with van der Waals surface area (Å²) in [4.78, 5) is 22.1. The molecule has 1 aliphatic rings. The zero-order chi connectivity index (χ0) is 23.8. The lowest BCUT2D eigenvalue weighted by atomic mass is 10.3. The van der Waals surface area contributed by atoms with Gasteiger partial charge in [0.05, 0.1) is 37.1 Å². The van der Waals surface area contributed by atoms with Gasteiger partial charge < -0.3 is 18.9 Å². The Balaban J connectivity index is 0.00000342. The molecule has 35 heavy (non-hydrogen) atoms. The second kappa shape index (κ2) is 13.5. The molecule has 10 heteroatoms. The number of rotatable bonds is 11. The molecule has 0 bridgehead atoms. The largest absolute Gasteiger partial charge is 0.497 e. The summed E-state index contributed by atoms with van der Waals surface area (Å²) in [7, 11) is 1.63. The van der Waals surface area contributed by atoms with Gasteiger partial charge in [-0.3, -0.25) is 14.6 Å². The van der Waals surface area contributed by atoms with Crippen LogP contribution in [0.15, 0.2) is 42.5 Å². The Morgan fingerprint density at radius 2 is 1.77 bits per heavy atom. The number of benzene rings is 2. The SMILES string of the molecule is CCOc1ccc(OCC(=O)N(CCCN2CCOCC2)c2nc3cc(OC)ccc3s2)cc1.Cl. The minimum atomic E-state index is -0.123. The van der Waals surface area contributed by atoms with E-state index in [0.717, 1.165) is 61.0 Å². The maximum absolute atomic E-state index is 13.3. The second-order valence-electron chi connectivity index (χ2n) is 7.88. The number of hydrogen-bond donors (Lipinski definition) is 0. The monoisotopic (exact) mass is 521 g/mol. The van der Waals surface area contributed by atoms with Crippen molar-refractivity contribution in [3.63, 3.8) is 0 Å². The maximum Gasteiger partial charge on any atom is 0.266 e. The number of nitrogens with zero attached hydrogens (tertiary/aromatic N) is 3. The standard InChI is InChI=1S/C25H31N3O5S.ClH/c1-3-32-19-5-7-20(8-6-19)33-18-24(29)28(12-4-11-27-13-15-31-16-14-27)25-26-22-17-21(30-2)9-10-23(22)34-25;/h5-10,17H,3-4,11-16,18H2,1-2H3;1H. The lowest BCUT2D eigenvalue weighted by molar-refractivity contribution is -0.120. The van der Waals surface area contributed by atoms with Gasteiger partial charge in [-0.2, -0.15) is 0 Å². The number of aromatic nitrogens is 1. The first-order valence-electron chi connectivity index (χ1n) is 11.6. The van der Waals surface area contributed by atoms with Gasteiger partial charge in [-0.05, 0) is 49.7 Å². The molecule has 2 aromatic carbocycles. The van der Waals surface area contributed by atoms with Crippen LogP contribution in [0.4, 0.5) is 5.13 Å². The van der Waals surface area contributed by atoms with Crippen LogP contribution in [-0.2, 0) is 9.53 Å². The molecule has 8 nitrogen and oxygen atoms in total. The van der Waals surface area contributed by atoms with Crippen molar-refractivity contribution in [3.05, 3.63) is 42.5 Å². The van der Waals surface area contributed by atoms with Crippen LogP contribution in [0.5, 0.6) is 17.2 Å². The van der Waals surface area contributed by atoms with Crippen molar-refractivity contribution in [2.45, 2.75) is 13.3 Å². The number of morpholine rings is 1. The van der Waals surface area contributed by atoms with Crippen molar-refractivity contribution in [2.24, 2.45) is 0 Å². The number of methoxy groups -OCH3 is 1. The quantitative estimate of drug-likeness (QED) is 0.373. The molecule has 0 aliphatic carbocycles. The molecule has 3 aromatic rings. The van der Waals surface area contributed by atoms with Gasteiger partial charge in [-0.15, -0.1) is 12.4 Å². The molecule has 0 unspecified atom stereocenters. The summed E-state index contributed by atoms with van der Waals surface area (Å²) < 4.78 is 23.0. The van der Waals surface area contributed by atoms with E-state index in [1.807, 2.05) is 49.4 Å². The molecule has 1 aliphatic heterocycles. The zero-order valence-electron chi connectivity index (χ0n) is 20.1. The normalized spacial score (nSPS) is 13.8. The topological polar surface area (TPSA) is 73.4 Å². The average molecular weight is 522 g/mol. The van der Waals surface area contributed by atoms with E-state index in [1.165, 1.54) is 11.3 Å². The summed E-state index contributed by atoms with van der Waals surface area (Å²) in [6.07, 6.45) is 0.841. The number of hydrogen-bond acceptors (Lipinski definition) is 8. The molecule has 4 rings (SSSR count). The van der Waals surface area contributed by atoms with Crippen LogP contribution in [0, 0.1) is 0 Å². The van der Waals surface area contributed by atoms with E-state index in [-0.39, 0.29) is 24.9 Å². The van der Waals surface area contributed by atoms with Crippen LogP contribution in [0.25, 0.3) is 10.2 Å². The van der Waals surface area contributed by atoms with Gasteiger partial charge in [0.15, 0.2) is 11.7 Å². The molecule has 1 aromatic heterocycles. The van der Waals surface area contributed by atoms with E-state index in [2.05, 4.69) is 4.90 Å². The number of ether oxygens (including phenoxy) is 4. The number of carbonyl (C=O) groups is 1. The summed E-state index contributed by atoms with van der Waals surface area (Å²) in [6.45, 7) is 7.33. The Hall–Kier alpha value is -2.59. The molecular weight excluding hydrogens is 490 g/mol. The van der Waals surface area contributed by atoms with Crippen molar-refractivity contribution >= 4 is 45.0 Å². The Kier molecular flexibility index (Phi) is 10.4. The van der Waals surface area contributed by atoms with Crippen LogP contribution in [0.1, 0.15) is 13.3 Å². The second-order valence-corrected chi connectivity index (χ2v) is 8.89. The number of thiazole rings is 1. The molecule has 0 radical (unpaired) electrons. The summed E-state index contributed by atoms with van der Waals surface area (Å²) >= 11 is 1.50. The number of carbonyl (C=O) groups excluding carboxylic acids is 1. The highest BCUT2D eigenvalue weighted by Crippen LogP contribution is 2.31. The summed E-state index contributed by atoms with van der Waals surface area (Å²) in [5.74, 6) is 2.02. The Bertz CT molecular complexity index is 1070. The highest BCUT2D eigenvalue weighted by Gasteiger charge is 2.21. The van der Waals surface area contributed by atoms with E-state index >= 15 is 0 Å². The highest BCUT2D eigenvalue weighted by atomic mass is 35.5. The molecule has 0 N–H and O–H groups in total. The van der Waals surface area contributed by atoms with E-state index in [4.69, 9.17) is 23.9 Å². The van der Waals surface area contributed by atoms with E-state index in [1.54, 1.807) is 12.0 Å². The molecule has 0 spiro atoms. The third-order valence-corrected chi connectivity index (χ3v) is 6.63. The van der Waals surface area contributed by atoms with E-state index < -0.39 is 0 Å². The van der Waals surface area contributed by atoms with Crippen LogP contribution < -0.4 is 19.1 Å². The fourth-order valence-corrected chi connectivity index (χ4v) is 4.75. The van der Waals surface area contributed by atoms with Crippen molar-refractivity contribution in [2.75, 3.05) is 64.6 Å². The molecule has 1 fully saturated rings. The van der Waals surface area contributed by atoms with Crippen molar-refractivity contribution in [1.82, 2.24) is 9.88 Å².